The number of halogens is 1. The minimum Gasteiger partial charge on any atom is -0.494 e. The maximum atomic E-state index is 13.4. The first-order valence-corrected chi connectivity index (χ1v) is 11.1. The van der Waals surface area contributed by atoms with E-state index in [1.54, 1.807) is 36.4 Å². The third-order valence-corrected chi connectivity index (χ3v) is 6.25. The van der Waals surface area contributed by atoms with Crippen LogP contribution in [0.25, 0.3) is 0 Å². The van der Waals surface area contributed by atoms with E-state index >= 15 is 0 Å². The van der Waals surface area contributed by atoms with Crippen molar-refractivity contribution in [3.8, 4) is 5.75 Å². The zero-order valence-electron chi connectivity index (χ0n) is 17.2. The number of amides is 1. The Morgan fingerprint density at radius 1 is 0.968 bits per heavy atom. The maximum Gasteiger partial charge on any atom is 0.264 e. The highest BCUT2D eigenvalue weighted by Crippen LogP contribution is 2.24. The number of sulfonamides is 1. The van der Waals surface area contributed by atoms with Gasteiger partial charge < -0.3 is 10.1 Å². The lowest BCUT2D eigenvalue weighted by molar-refractivity contribution is -0.114. The number of benzene rings is 3. The molecule has 3 aromatic rings. The average molecular weight is 443 g/mol. The van der Waals surface area contributed by atoms with Crippen LogP contribution >= 0.6 is 0 Å². The number of nitrogens with zero attached hydrogens (tertiary/aromatic N) is 1. The van der Waals surface area contributed by atoms with E-state index in [2.05, 4.69) is 5.32 Å². The summed E-state index contributed by atoms with van der Waals surface area (Å²) >= 11 is 0. The molecule has 0 unspecified atom stereocenters. The van der Waals surface area contributed by atoms with E-state index in [0.29, 0.717) is 18.0 Å². The van der Waals surface area contributed by atoms with Gasteiger partial charge in [-0.25, -0.2) is 12.8 Å². The van der Waals surface area contributed by atoms with Crippen molar-refractivity contribution in [2.24, 2.45) is 0 Å². The van der Waals surface area contributed by atoms with E-state index in [9.17, 15) is 17.6 Å². The summed E-state index contributed by atoms with van der Waals surface area (Å²) in [5.41, 5.74) is 1.59. The molecule has 0 aliphatic rings. The molecular weight excluding hydrogens is 419 g/mol. The van der Waals surface area contributed by atoms with Gasteiger partial charge in [-0.3, -0.25) is 9.10 Å². The first-order chi connectivity index (χ1) is 14.8. The molecule has 3 aromatic carbocycles. The molecule has 0 saturated heterocycles. The fourth-order valence-electron chi connectivity index (χ4n) is 2.89. The lowest BCUT2D eigenvalue weighted by atomic mass is 10.2. The van der Waals surface area contributed by atoms with Crippen LogP contribution < -0.4 is 14.4 Å². The fourth-order valence-corrected chi connectivity index (χ4v) is 4.31. The number of hydrogen-bond acceptors (Lipinski definition) is 4. The Labute approximate surface area is 181 Å². The second-order valence-electron chi connectivity index (χ2n) is 6.81. The van der Waals surface area contributed by atoms with E-state index in [1.165, 1.54) is 24.3 Å². The highest BCUT2D eigenvalue weighted by Gasteiger charge is 2.27. The summed E-state index contributed by atoms with van der Waals surface area (Å²) in [7, 11) is -4.06. The van der Waals surface area contributed by atoms with Gasteiger partial charge in [0.1, 0.15) is 18.1 Å². The number of ether oxygens (including phenoxy) is 1. The molecule has 0 fully saturated rings. The second kappa shape index (κ2) is 9.61. The molecule has 0 radical (unpaired) electrons. The summed E-state index contributed by atoms with van der Waals surface area (Å²) in [6.07, 6.45) is 0. The normalized spacial score (nSPS) is 11.1. The predicted octanol–water partition coefficient (Wildman–Crippen LogP) is 4.37. The topological polar surface area (TPSA) is 75.7 Å². The average Bonchev–Trinajstić information content (AvgIpc) is 2.75. The number of hydrogen-bond donors (Lipinski definition) is 1. The van der Waals surface area contributed by atoms with Gasteiger partial charge in [-0.2, -0.15) is 0 Å². The fraction of sp³-hybridized carbons (Fsp3) is 0.174. The number of carbonyl (C=O) groups excluding carboxylic acids is 1. The number of nitrogens with one attached hydrogen (secondary N) is 1. The molecule has 0 aliphatic carbocycles. The standard InChI is InChI=1S/C23H23FN2O4S/c1-3-30-21-12-8-19(9-13-21)25-23(27)16-26(20-10-6-18(24)7-11-20)31(28,29)22-14-4-17(2)5-15-22/h4-15H,3,16H2,1-2H3,(H,25,27). The molecule has 0 spiro atoms. The zero-order chi connectivity index (χ0) is 22.4. The van der Waals surface area contributed by atoms with Crippen LogP contribution in [0.1, 0.15) is 12.5 Å². The van der Waals surface area contributed by atoms with Gasteiger partial charge >= 0.3 is 0 Å². The monoisotopic (exact) mass is 442 g/mol. The van der Waals surface area contributed by atoms with Crippen LogP contribution in [0.4, 0.5) is 15.8 Å². The molecule has 0 aromatic heterocycles. The molecule has 31 heavy (non-hydrogen) atoms. The largest absolute Gasteiger partial charge is 0.494 e. The molecule has 6 nitrogen and oxygen atoms in total. The van der Waals surface area contributed by atoms with Crippen molar-refractivity contribution < 1.29 is 22.3 Å². The van der Waals surface area contributed by atoms with Gasteiger partial charge in [0, 0.05) is 5.69 Å². The Hall–Kier alpha value is -3.39. The molecule has 1 amide bonds. The van der Waals surface area contributed by atoms with Crippen molar-refractivity contribution in [3.05, 3.63) is 84.2 Å². The van der Waals surface area contributed by atoms with Crippen LogP contribution in [0.5, 0.6) is 5.75 Å². The van der Waals surface area contributed by atoms with Gasteiger partial charge in [-0.15, -0.1) is 0 Å². The Balaban J connectivity index is 1.86. The quantitative estimate of drug-likeness (QED) is 0.562. The van der Waals surface area contributed by atoms with E-state index in [1.807, 2.05) is 13.8 Å². The van der Waals surface area contributed by atoms with Crippen molar-refractivity contribution >= 4 is 27.3 Å². The maximum absolute atomic E-state index is 13.4. The van der Waals surface area contributed by atoms with Gasteiger partial charge in [0.05, 0.1) is 17.2 Å². The van der Waals surface area contributed by atoms with Crippen molar-refractivity contribution in [1.82, 2.24) is 0 Å². The Bertz CT molecular complexity index is 1130. The van der Waals surface area contributed by atoms with Crippen LogP contribution in [0.2, 0.25) is 0 Å². The molecule has 1 N–H and O–H groups in total. The van der Waals surface area contributed by atoms with Crippen LogP contribution in [-0.2, 0) is 14.8 Å². The molecule has 0 atom stereocenters. The SMILES string of the molecule is CCOc1ccc(NC(=O)CN(c2ccc(F)cc2)S(=O)(=O)c2ccc(C)cc2)cc1. The molecule has 0 heterocycles. The number of aryl methyl sites for hydroxylation is 1. The van der Waals surface area contributed by atoms with E-state index in [-0.39, 0.29) is 10.6 Å². The van der Waals surface area contributed by atoms with Crippen LogP contribution in [0.15, 0.2) is 77.7 Å². The summed E-state index contributed by atoms with van der Waals surface area (Å²) in [4.78, 5) is 12.7. The van der Waals surface area contributed by atoms with Crippen LogP contribution in [-0.4, -0.2) is 27.5 Å². The predicted molar refractivity (Wildman–Crippen MR) is 118 cm³/mol. The lowest BCUT2D eigenvalue weighted by Crippen LogP contribution is -2.38. The van der Waals surface area contributed by atoms with Crippen molar-refractivity contribution in [3.63, 3.8) is 0 Å². The summed E-state index contributed by atoms with van der Waals surface area (Å²) in [6, 6.07) is 18.0. The summed E-state index contributed by atoms with van der Waals surface area (Å²) in [6.45, 7) is 3.76. The number of carbonyl (C=O) groups is 1. The Morgan fingerprint density at radius 2 is 1.58 bits per heavy atom. The van der Waals surface area contributed by atoms with E-state index < -0.39 is 28.3 Å². The number of anilines is 2. The molecule has 8 heteroatoms. The van der Waals surface area contributed by atoms with Gasteiger partial charge in [-0.1, -0.05) is 17.7 Å². The van der Waals surface area contributed by atoms with E-state index in [0.717, 1.165) is 22.0 Å². The molecule has 0 bridgehead atoms. The Morgan fingerprint density at radius 3 is 2.16 bits per heavy atom. The lowest BCUT2D eigenvalue weighted by Gasteiger charge is -2.24. The number of rotatable bonds is 8. The van der Waals surface area contributed by atoms with Crippen molar-refractivity contribution in [2.45, 2.75) is 18.7 Å². The van der Waals surface area contributed by atoms with Crippen molar-refractivity contribution in [1.29, 1.82) is 0 Å². The van der Waals surface area contributed by atoms with Gasteiger partial charge in [-0.05, 0) is 74.5 Å². The minimum atomic E-state index is -4.06. The molecule has 3 rings (SSSR count). The second-order valence-corrected chi connectivity index (χ2v) is 8.67. The summed E-state index contributed by atoms with van der Waals surface area (Å²) in [5.74, 6) is -0.380. The third kappa shape index (κ3) is 5.61. The van der Waals surface area contributed by atoms with Gasteiger partial charge in [0.25, 0.3) is 10.0 Å². The highest BCUT2D eigenvalue weighted by molar-refractivity contribution is 7.92. The third-order valence-electron chi connectivity index (χ3n) is 4.46. The first kappa shape index (κ1) is 22.3. The molecule has 162 valence electrons. The molecule has 0 saturated carbocycles. The summed E-state index contributed by atoms with van der Waals surface area (Å²) < 4.78 is 46.3. The van der Waals surface area contributed by atoms with Crippen molar-refractivity contribution in [2.75, 3.05) is 22.8 Å². The molecular formula is C23H23FN2O4S. The summed E-state index contributed by atoms with van der Waals surface area (Å²) in [5, 5.41) is 2.68. The van der Waals surface area contributed by atoms with Crippen LogP contribution in [0, 0.1) is 12.7 Å². The smallest absolute Gasteiger partial charge is 0.264 e. The van der Waals surface area contributed by atoms with E-state index in [4.69, 9.17) is 4.74 Å². The van der Waals surface area contributed by atoms with Gasteiger partial charge in [0.2, 0.25) is 5.91 Å². The highest BCUT2D eigenvalue weighted by atomic mass is 32.2. The zero-order valence-corrected chi connectivity index (χ0v) is 18.0. The van der Waals surface area contributed by atoms with Crippen LogP contribution in [0.3, 0.4) is 0 Å². The molecule has 0 aliphatic heterocycles. The van der Waals surface area contributed by atoms with Gasteiger partial charge in [0.15, 0.2) is 0 Å². The first-order valence-electron chi connectivity index (χ1n) is 9.67. The Kier molecular flexibility index (Phi) is 6.91. The minimum absolute atomic E-state index is 0.0382.